The Balaban J connectivity index is 2.03. The quantitative estimate of drug-likeness (QED) is 0.819. The number of piperidine rings is 2. The van der Waals surface area contributed by atoms with Gasteiger partial charge in [-0.05, 0) is 44.7 Å². The molecule has 2 atom stereocenters. The minimum atomic E-state index is -0.778. The molecule has 20 heavy (non-hydrogen) atoms. The van der Waals surface area contributed by atoms with E-state index in [9.17, 15) is 9.59 Å². The summed E-state index contributed by atoms with van der Waals surface area (Å²) < 4.78 is 0. The predicted octanol–water partition coefficient (Wildman–Crippen LogP) is 1.34. The van der Waals surface area contributed by atoms with Crippen LogP contribution in [0.3, 0.4) is 0 Å². The van der Waals surface area contributed by atoms with Crippen LogP contribution in [0.15, 0.2) is 0 Å². The Kier molecular flexibility index (Phi) is 4.68. The van der Waals surface area contributed by atoms with E-state index in [4.69, 9.17) is 5.11 Å². The van der Waals surface area contributed by atoms with Gasteiger partial charge in [-0.15, -0.1) is 0 Å². The van der Waals surface area contributed by atoms with Crippen LogP contribution in [0, 0.1) is 17.3 Å². The van der Waals surface area contributed by atoms with Crippen LogP contribution in [-0.2, 0) is 9.59 Å². The lowest BCUT2D eigenvalue weighted by molar-refractivity contribution is -0.150. The van der Waals surface area contributed by atoms with E-state index in [1.54, 1.807) is 4.90 Å². The van der Waals surface area contributed by atoms with Gasteiger partial charge in [0.15, 0.2) is 0 Å². The number of amides is 1. The second-order valence-electron chi connectivity index (χ2n) is 6.69. The van der Waals surface area contributed by atoms with E-state index < -0.39 is 17.3 Å². The molecule has 0 aromatic heterocycles. The second kappa shape index (κ2) is 6.12. The van der Waals surface area contributed by atoms with Crippen molar-refractivity contribution in [1.82, 2.24) is 10.2 Å². The molecule has 2 fully saturated rings. The maximum absolute atomic E-state index is 12.8. The summed E-state index contributed by atoms with van der Waals surface area (Å²) in [4.78, 5) is 25.7. The van der Waals surface area contributed by atoms with E-state index >= 15 is 0 Å². The Labute approximate surface area is 120 Å². The summed E-state index contributed by atoms with van der Waals surface area (Å²) in [6.07, 6.45) is 3.66. The zero-order chi connectivity index (χ0) is 14.8. The van der Waals surface area contributed by atoms with Crippen molar-refractivity contribution < 1.29 is 14.7 Å². The van der Waals surface area contributed by atoms with E-state index in [1.165, 1.54) is 0 Å². The normalized spacial score (nSPS) is 28.2. The van der Waals surface area contributed by atoms with Crippen LogP contribution >= 0.6 is 0 Å². The molecular weight excluding hydrogens is 256 g/mol. The number of hydrogen-bond acceptors (Lipinski definition) is 3. The number of aliphatic carboxylic acids is 1. The molecule has 2 heterocycles. The monoisotopic (exact) mass is 282 g/mol. The zero-order valence-electron chi connectivity index (χ0n) is 12.5. The molecule has 2 rings (SSSR count). The summed E-state index contributed by atoms with van der Waals surface area (Å²) in [5.41, 5.74) is -0.409. The van der Waals surface area contributed by atoms with E-state index in [-0.39, 0.29) is 5.91 Å². The lowest BCUT2D eigenvalue weighted by Gasteiger charge is -2.41. The number of rotatable bonds is 3. The molecule has 0 aromatic carbocycles. The van der Waals surface area contributed by atoms with E-state index in [0.717, 1.165) is 32.4 Å². The summed E-state index contributed by atoms with van der Waals surface area (Å²) in [5, 5.41) is 12.5. The molecule has 2 aliphatic rings. The Morgan fingerprint density at radius 1 is 1.25 bits per heavy atom. The third-order valence-electron chi connectivity index (χ3n) is 4.93. The third kappa shape index (κ3) is 3.14. The lowest BCUT2D eigenvalue weighted by Crippen LogP contribution is -2.52. The topological polar surface area (TPSA) is 69.6 Å². The Bertz CT molecular complexity index is 375. The van der Waals surface area contributed by atoms with Crippen LogP contribution in [-0.4, -0.2) is 48.1 Å². The molecule has 2 N–H and O–H groups in total. The molecule has 0 radical (unpaired) electrons. The fraction of sp³-hybridized carbons (Fsp3) is 0.867. The Hall–Kier alpha value is -1.10. The van der Waals surface area contributed by atoms with E-state index in [0.29, 0.717) is 25.4 Å². The van der Waals surface area contributed by atoms with Gasteiger partial charge in [-0.3, -0.25) is 9.59 Å². The summed E-state index contributed by atoms with van der Waals surface area (Å²) in [5.74, 6) is -0.710. The van der Waals surface area contributed by atoms with Gasteiger partial charge in [0, 0.05) is 18.5 Å². The van der Waals surface area contributed by atoms with Gasteiger partial charge in [0.25, 0.3) is 0 Å². The summed E-state index contributed by atoms with van der Waals surface area (Å²) in [7, 11) is 0. The number of carboxylic acids is 1. The van der Waals surface area contributed by atoms with Crippen molar-refractivity contribution in [1.29, 1.82) is 0 Å². The highest BCUT2D eigenvalue weighted by atomic mass is 16.4. The van der Waals surface area contributed by atoms with Crippen molar-refractivity contribution in [3.05, 3.63) is 0 Å². The molecule has 0 aliphatic carbocycles. The SMILES string of the molecule is CC(C)(C(=O)N1CCC[C@@H](C(=O)O)C1)C1CCCNC1. The van der Waals surface area contributed by atoms with Crippen molar-refractivity contribution in [2.75, 3.05) is 26.2 Å². The number of carboxylic acid groups (broad SMARTS) is 1. The van der Waals surface area contributed by atoms with Crippen LogP contribution in [0.1, 0.15) is 39.5 Å². The fourth-order valence-corrected chi connectivity index (χ4v) is 3.41. The molecule has 1 unspecified atom stereocenters. The van der Waals surface area contributed by atoms with Crippen molar-refractivity contribution in [3.63, 3.8) is 0 Å². The maximum Gasteiger partial charge on any atom is 0.308 e. The van der Waals surface area contributed by atoms with Crippen LogP contribution in [0.4, 0.5) is 0 Å². The Morgan fingerprint density at radius 2 is 2.00 bits per heavy atom. The van der Waals surface area contributed by atoms with Crippen molar-refractivity contribution in [2.24, 2.45) is 17.3 Å². The molecule has 1 amide bonds. The first-order valence-corrected chi connectivity index (χ1v) is 7.66. The van der Waals surface area contributed by atoms with Crippen LogP contribution < -0.4 is 5.32 Å². The molecule has 0 bridgehead atoms. The smallest absolute Gasteiger partial charge is 0.308 e. The molecule has 2 aliphatic heterocycles. The summed E-state index contributed by atoms with van der Waals surface area (Å²) in [6.45, 7) is 7.01. The molecule has 2 saturated heterocycles. The van der Waals surface area contributed by atoms with Crippen molar-refractivity contribution in [2.45, 2.75) is 39.5 Å². The number of hydrogen-bond donors (Lipinski definition) is 2. The minimum Gasteiger partial charge on any atom is -0.481 e. The number of nitrogens with zero attached hydrogens (tertiary/aromatic N) is 1. The van der Waals surface area contributed by atoms with Gasteiger partial charge >= 0.3 is 5.97 Å². The zero-order valence-corrected chi connectivity index (χ0v) is 12.5. The highest BCUT2D eigenvalue weighted by Crippen LogP contribution is 2.34. The fourth-order valence-electron chi connectivity index (χ4n) is 3.41. The lowest BCUT2D eigenvalue weighted by atomic mass is 9.73. The molecular formula is C15H26N2O3. The molecule has 0 aromatic rings. The highest BCUT2D eigenvalue weighted by molar-refractivity contribution is 5.83. The van der Waals surface area contributed by atoms with E-state index in [1.807, 2.05) is 13.8 Å². The summed E-state index contributed by atoms with van der Waals surface area (Å²) >= 11 is 0. The number of nitrogens with one attached hydrogen (secondary N) is 1. The summed E-state index contributed by atoms with van der Waals surface area (Å²) in [6, 6.07) is 0. The molecule has 5 heteroatoms. The molecule has 114 valence electrons. The Morgan fingerprint density at radius 3 is 2.60 bits per heavy atom. The number of carbonyl (C=O) groups excluding carboxylic acids is 1. The largest absolute Gasteiger partial charge is 0.481 e. The van der Waals surface area contributed by atoms with E-state index in [2.05, 4.69) is 5.32 Å². The number of carbonyl (C=O) groups is 2. The van der Waals surface area contributed by atoms with Gasteiger partial charge in [-0.25, -0.2) is 0 Å². The first kappa shape index (κ1) is 15.3. The maximum atomic E-state index is 12.8. The van der Waals surface area contributed by atoms with Crippen LogP contribution in [0.5, 0.6) is 0 Å². The molecule has 0 spiro atoms. The first-order chi connectivity index (χ1) is 9.43. The third-order valence-corrected chi connectivity index (χ3v) is 4.93. The highest BCUT2D eigenvalue weighted by Gasteiger charge is 2.41. The minimum absolute atomic E-state index is 0.122. The van der Waals surface area contributed by atoms with Gasteiger partial charge in [0.1, 0.15) is 0 Å². The molecule has 0 saturated carbocycles. The van der Waals surface area contributed by atoms with Crippen LogP contribution in [0.2, 0.25) is 0 Å². The van der Waals surface area contributed by atoms with Gasteiger partial charge in [-0.2, -0.15) is 0 Å². The standard InChI is InChI=1S/C15H26N2O3/c1-15(2,12-6-3-7-16-9-12)14(20)17-8-4-5-11(10-17)13(18)19/h11-12,16H,3-10H2,1-2H3,(H,18,19)/t11-,12?/m1/s1. The van der Waals surface area contributed by atoms with Crippen molar-refractivity contribution in [3.8, 4) is 0 Å². The molecule has 5 nitrogen and oxygen atoms in total. The van der Waals surface area contributed by atoms with Gasteiger partial charge < -0.3 is 15.3 Å². The van der Waals surface area contributed by atoms with Gasteiger partial charge in [0.2, 0.25) is 5.91 Å². The van der Waals surface area contributed by atoms with Crippen LogP contribution in [0.25, 0.3) is 0 Å². The van der Waals surface area contributed by atoms with Crippen molar-refractivity contribution >= 4 is 11.9 Å². The first-order valence-electron chi connectivity index (χ1n) is 7.66. The van der Waals surface area contributed by atoms with Gasteiger partial charge in [-0.1, -0.05) is 13.8 Å². The predicted molar refractivity (Wildman–Crippen MR) is 76.3 cm³/mol. The average molecular weight is 282 g/mol. The average Bonchev–Trinajstić information content (AvgIpc) is 2.47. The second-order valence-corrected chi connectivity index (χ2v) is 6.69. The number of likely N-dealkylation sites (tertiary alicyclic amines) is 1. The van der Waals surface area contributed by atoms with Gasteiger partial charge in [0.05, 0.1) is 5.92 Å².